The van der Waals surface area contributed by atoms with E-state index in [2.05, 4.69) is 5.32 Å². The van der Waals surface area contributed by atoms with Crippen LogP contribution in [-0.4, -0.2) is 61.1 Å². The molecule has 1 aromatic heterocycles. The van der Waals surface area contributed by atoms with Crippen LogP contribution < -0.4 is 10.1 Å². The Morgan fingerprint density at radius 1 is 1.11 bits per heavy atom. The predicted octanol–water partition coefficient (Wildman–Crippen LogP) is 2.10. The van der Waals surface area contributed by atoms with Crippen molar-refractivity contribution in [3.63, 3.8) is 0 Å². The molecule has 0 radical (unpaired) electrons. The van der Waals surface area contributed by atoms with Crippen LogP contribution in [0.25, 0.3) is 0 Å². The van der Waals surface area contributed by atoms with Crippen LogP contribution in [0, 0.1) is 11.6 Å². The van der Waals surface area contributed by atoms with Gasteiger partial charge in [-0.3, -0.25) is 4.79 Å². The van der Waals surface area contributed by atoms with Gasteiger partial charge in [-0.05, 0) is 24.3 Å². The van der Waals surface area contributed by atoms with Gasteiger partial charge >= 0.3 is 6.03 Å². The highest BCUT2D eigenvalue weighted by Crippen LogP contribution is 2.17. The molecule has 0 aliphatic carbocycles. The molecule has 144 valence electrons. The second kappa shape index (κ2) is 8.52. The van der Waals surface area contributed by atoms with Crippen molar-refractivity contribution in [1.82, 2.24) is 15.1 Å². The average molecular weight is 379 g/mol. The van der Waals surface area contributed by atoms with Crippen molar-refractivity contribution in [2.24, 2.45) is 0 Å². The third-order valence-corrected chi connectivity index (χ3v) is 4.12. The lowest BCUT2D eigenvalue weighted by molar-refractivity contribution is 0.0634. The monoisotopic (exact) mass is 379 g/mol. The Kier molecular flexibility index (Phi) is 5.90. The minimum Gasteiger partial charge on any atom is -0.489 e. The summed E-state index contributed by atoms with van der Waals surface area (Å²) in [5, 5.41) is 2.67. The minimum absolute atomic E-state index is 0.0469. The molecule has 0 saturated carbocycles. The maximum absolute atomic E-state index is 13.4. The lowest BCUT2D eigenvalue weighted by Gasteiger charge is -2.34. The van der Waals surface area contributed by atoms with E-state index in [-0.39, 0.29) is 36.6 Å². The molecule has 3 amide bonds. The molecule has 2 aromatic rings. The molecule has 3 rings (SSSR count). The summed E-state index contributed by atoms with van der Waals surface area (Å²) in [7, 11) is 0. The van der Waals surface area contributed by atoms with Crippen LogP contribution in [0.2, 0.25) is 0 Å². The van der Waals surface area contributed by atoms with Gasteiger partial charge in [0.05, 0.1) is 12.8 Å². The first-order valence-electron chi connectivity index (χ1n) is 8.48. The fourth-order valence-corrected chi connectivity index (χ4v) is 2.69. The van der Waals surface area contributed by atoms with Gasteiger partial charge in [0.2, 0.25) is 0 Å². The summed E-state index contributed by atoms with van der Waals surface area (Å²) in [5.41, 5.74) is 0. The normalized spacial score (nSPS) is 14.1. The van der Waals surface area contributed by atoms with Crippen molar-refractivity contribution in [1.29, 1.82) is 0 Å². The van der Waals surface area contributed by atoms with Crippen LogP contribution in [0.5, 0.6) is 5.75 Å². The quantitative estimate of drug-likeness (QED) is 0.808. The molecule has 2 heterocycles. The number of ether oxygens (including phenoxy) is 1. The van der Waals surface area contributed by atoms with E-state index >= 15 is 0 Å². The maximum Gasteiger partial charge on any atom is 0.317 e. The fourth-order valence-electron chi connectivity index (χ4n) is 2.69. The number of urea groups is 1. The van der Waals surface area contributed by atoms with E-state index in [1.54, 1.807) is 21.9 Å². The van der Waals surface area contributed by atoms with E-state index in [1.165, 1.54) is 12.3 Å². The van der Waals surface area contributed by atoms with Crippen molar-refractivity contribution >= 4 is 11.9 Å². The van der Waals surface area contributed by atoms with E-state index in [1.807, 2.05) is 0 Å². The van der Waals surface area contributed by atoms with E-state index in [0.717, 1.165) is 12.1 Å². The van der Waals surface area contributed by atoms with Gasteiger partial charge in [0.15, 0.2) is 17.3 Å². The molecular weight excluding hydrogens is 360 g/mol. The van der Waals surface area contributed by atoms with Crippen LogP contribution in [0.15, 0.2) is 41.0 Å². The number of benzene rings is 1. The fraction of sp³-hybridized carbons (Fsp3) is 0.333. The molecule has 1 N–H and O–H groups in total. The van der Waals surface area contributed by atoms with Crippen LogP contribution in [0.4, 0.5) is 13.6 Å². The number of piperazine rings is 1. The van der Waals surface area contributed by atoms with Crippen LogP contribution in [-0.2, 0) is 0 Å². The van der Waals surface area contributed by atoms with E-state index in [9.17, 15) is 18.4 Å². The lowest BCUT2D eigenvalue weighted by Crippen LogP contribution is -2.53. The highest BCUT2D eigenvalue weighted by atomic mass is 19.1. The second-order valence-electron chi connectivity index (χ2n) is 5.91. The Hall–Kier alpha value is -3.10. The van der Waals surface area contributed by atoms with Gasteiger partial charge in [-0.25, -0.2) is 13.6 Å². The van der Waals surface area contributed by atoms with E-state index < -0.39 is 11.6 Å². The van der Waals surface area contributed by atoms with Crippen LogP contribution in [0.3, 0.4) is 0 Å². The average Bonchev–Trinajstić information content (AvgIpc) is 3.21. The van der Waals surface area contributed by atoms with Crippen molar-refractivity contribution in [2.45, 2.75) is 0 Å². The molecule has 0 bridgehead atoms. The molecule has 1 fully saturated rings. The Morgan fingerprint density at radius 3 is 2.52 bits per heavy atom. The number of nitrogens with zero attached hydrogens (tertiary/aromatic N) is 2. The number of hydrogen-bond donors (Lipinski definition) is 1. The molecule has 1 aliphatic rings. The van der Waals surface area contributed by atoms with E-state index in [4.69, 9.17) is 9.15 Å². The molecule has 7 nitrogen and oxygen atoms in total. The number of rotatable bonds is 5. The molecule has 0 atom stereocenters. The van der Waals surface area contributed by atoms with Crippen molar-refractivity contribution < 1.29 is 27.5 Å². The molecule has 0 spiro atoms. The number of hydrogen-bond acceptors (Lipinski definition) is 4. The number of amides is 3. The van der Waals surface area contributed by atoms with Gasteiger partial charge in [0.1, 0.15) is 12.4 Å². The summed E-state index contributed by atoms with van der Waals surface area (Å²) in [5.74, 6) is -1.47. The minimum atomic E-state index is -0.793. The Morgan fingerprint density at radius 2 is 1.85 bits per heavy atom. The smallest absolute Gasteiger partial charge is 0.317 e. The summed E-state index contributed by atoms with van der Waals surface area (Å²) in [6, 6.07) is 5.99. The Balaban J connectivity index is 1.37. The van der Waals surface area contributed by atoms with E-state index in [0.29, 0.717) is 26.2 Å². The molecule has 1 saturated heterocycles. The number of furan rings is 1. The molecule has 1 aromatic carbocycles. The Bertz CT molecular complexity index is 790. The largest absolute Gasteiger partial charge is 0.489 e. The number of nitrogens with one attached hydrogen (secondary N) is 1. The first-order chi connectivity index (χ1) is 13.0. The molecule has 9 heteroatoms. The highest BCUT2D eigenvalue weighted by Gasteiger charge is 2.25. The first kappa shape index (κ1) is 18.7. The Labute approximate surface area is 154 Å². The third kappa shape index (κ3) is 4.75. The van der Waals surface area contributed by atoms with Crippen molar-refractivity contribution in [3.8, 4) is 5.75 Å². The second-order valence-corrected chi connectivity index (χ2v) is 5.91. The summed E-state index contributed by atoms with van der Waals surface area (Å²) >= 11 is 0. The molecular formula is C18H19F2N3O4. The summed E-state index contributed by atoms with van der Waals surface area (Å²) in [6.07, 6.45) is 1.44. The van der Waals surface area contributed by atoms with Gasteiger partial charge < -0.3 is 24.3 Å². The van der Waals surface area contributed by atoms with Gasteiger partial charge in [-0.2, -0.15) is 0 Å². The molecule has 0 unspecified atom stereocenters. The zero-order valence-electron chi connectivity index (χ0n) is 14.5. The summed E-state index contributed by atoms with van der Waals surface area (Å²) in [4.78, 5) is 27.5. The van der Waals surface area contributed by atoms with Crippen LogP contribution >= 0.6 is 0 Å². The topological polar surface area (TPSA) is 75.0 Å². The maximum atomic E-state index is 13.4. The van der Waals surface area contributed by atoms with Crippen molar-refractivity contribution in [2.75, 3.05) is 39.3 Å². The number of carbonyl (C=O) groups excluding carboxylic acids is 2. The number of carbonyl (C=O) groups is 2. The van der Waals surface area contributed by atoms with Gasteiger partial charge in [0.25, 0.3) is 5.91 Å². The van der Waals surface area contributed by atoms with Crippen molar-refractivity contribution in [3.05, 3.63) is 54.0 Å². The SMILES string of the molecule is O=C(NCCOc1ccc(F)cc1F)N1CCN(C(=O)c2ccco2)CC1. The zero-order valence-corrected chi connectivity index (χ0v) is 14.5. The number of halogens is 2. The van der Waals surface area contributed by atoms with Gasteiger partial charge in [0, 0.05) is 32.2 Å². The molecule has 1 aliphatic heterocycles. The van der Waals surface area contributed by atoms with Gasteiger partial charge in [-0.15, -0.1) is 0 Å². The highest BCUT2D eigenvalue weighted by molar-refractivity contribution is 5.91. The summed E-state index contributed by atoms with van der Waals surface area (Å²) in [6.45, 7) is 1.82. The predicted molar refractivity (Wildman–Crippen MR) is 91.4 cm³/mol. The zero-order chi connectivity index (χ0) is 19.2. The summed E-state index contributed by atoms with van der Waals surface area (Å²) < 4.78 is 36.5. The third-order valence-electron chi connectivity index (χ3n) is 4.12. The molecule has 27 heavy (non-hydrogen) atoms. The lowest BCUT2D eigenvalue weighted by atomic mass is 10.3. The standard InChI is InChI=1S/C18H19F2N3O4/c19-13-3-4-15(14(20)12-13)27-11-5-21-18(25)23-8-6-22(7-9-23)17(24)16-2-1-10-26-16/h1-4,10,12H,5-9,11H2,(H,21,25). The van der Waals surface area contributed by atoms with Gasteiger partial charge in [-0.1, -0.05) is 0 Å². The first-order valence-corrected chi connectivity index (χ1v) is 8.48. The van der Waals surface area contributed by atoms with Crippen LogP contribution in [0.1, 0.15) is 10.6 Å².